The van der Waals surface area contributed by atoms with Crippen LogP contribution in [0, 0.1) is 0 Å². The predicted molar refractivity (Wildman–Crippen MR) is 200 cm³/mol. The van der Waals surface area contributed by atoms with Crippen molar-refractivity contribution in [3.8, 4) is 34.5 Å². The number of aliphatic hydroxyl groups excluding tert-OH is 6. The summed E-state index contributed by atoms with van der Waals surface area (Å²) in [5.74, 6) is -4.53. The summed E-state index contributed by atoms with van der Waals surface area (Å²) in [6.07, 6.45) is -16.4. The zero-order chi connectivity index (χ0) is 44.1. The summed E-state index contributed by atoms with van der Waals surface area (Å²) < 4.78 is 44.7. The number of carboxylic acid groups (broad SMARTS) is 1. The largest absolute Gasteiger partial charge is 0.508 e. The van der Waals surface area contributed by atoms with E-state index in [-0.39, 0.29) is 40.1 Å². The number of carbonyl (C=O) groups is 3. The highest BCUT2D eigenvalue weighted by Crippen LogP contribution is 2.46. The summed E-state index contributed by atoms with van der Waals surface area (Å²) in [6, 6.07) is 12.2. The number of aliphatic carboxylic acids is 1. The number of methoxy groups -OCH3 is 1. The summed E-state index contributed by atoms with van der Waals surface area (Å²) >= 11 is 0. The van der Waals surface area contributed by atoms with Gasteiger partial charge in [0, 0.05) is 23.8 Å². The summed E-state index contributed by atoms with van der Waals surface area (Å²) in [5, 5.41) is 104. The van der Waals surface area contributed by atoms with Crippen molar-refractivity contribution < 1.29 is 103 Å². The molecule has 0 bridgehead atoms. The number of fused-ring (bicyclic) bond motifs is 1. The van der Waals surface area contributed by atoms with Crippen LogP contribution in [0.2, 0.25) is 0 Å². The molecule has 11 atom stereocenters. The van der Waals surface area contributed by atoms with E-state index in [1.807, 2.05) is 0 Å². The first kappa shape index (κ1) is 44.4. The van der Waals surface area contributed by atoms with E-state index in [4.69, 9.17) is 43.0 Å². The van der Waals surface area contributed by atoms with Gasteiger partial charge in [0.15, 0.2) is 17.6 Å². The third kappa shape index (κ3) is 10.4. The van der Waals surface area contributed by atoms with Crippen LogP contribution in [-0.4, -0.2) is 151 Å². The molecule has 3 aromatic rings. The van der Waals surface area contributed by atoms with Crippen LogP contribution in [0.4, 0.5) is 0 Å². The second-order valence-corrected chi connectivity index (χ2v) is 13.9. The van der Waals surface area contributed by atoms with Crippen LogP contribution in [0.5, 0.6) is 34.5 Å². The molecule has 10 N–H and O–H groups in total. The molecule has 0 aliphatic carbocycles. The van der Waals surface area contributed by atoms with Crippen LogP contribution < -0.4 is 14.2 Å². The Morgan fingerprint density at radius 2 is 1.33 bits per heavy atom. The van der Waals surface area contributed by atoms with Gasteiger partial charge in [-0.05, 0) is 42.0 Å². The van der Waals surface area contributed by atoms with E-state index in [2.05, 4.69) is 0 Å². The van der Waals surface area contributed by atoms with Crippen LogP contribution in [0.25, 0.3) is 12.2 Å². The van der Waals surface area contributed by atoms with E-state index in [9.17, 15) is 60.3 Å². The Morgan fingerprint density at radius 3 is 1.95 bits per heavy atom. The molecule has 21 heteroatoms. The van der Waals surface area contributed by atoms with Crippen LogP contribution in [0.15, 0.2) is 66.4 Å². The predicted octanol–water partition coefficient (Wildman–Crippen LogP) is -0.428. The standard InChI is InChI=1S/C40H42O21/c1-54-25-10-17(2-8-22(25)43)3-9-30(46)55-15-27-32(48)35(51)37(53)40(61-27)59-26-13-21-23(57-38(26)18-4-6-19(41)7-5-18)11-20(42)12-24(21)58-39-36(52)34(50)33(49)28(60-39)16-56-31(47)14-29(44)45/h2-13,27-28,32-43,48-53H,14-16H2,1H3,(H,44,45). The Labute approximate surface area is 345 Å². The molecule has 3 heterocycles. The molecule has 0 radical (unpaired) electrons. The number of carbonyl (C=O) groups excluding carboxylic acids is 2. The number of benzene rings is 3. The maximum atomic E-state index is 12.6. The van der Waals surface area contributed by atoms with Gasteiger partial charge in [-0.2, -0.15) is 0 Å². The van der Waals surface area contributed by atoms with Crippen molar-refractivity contribution in [3.63, 3.8) is 0 Å². The monoisotopic (exact) mass is 858 g/mol. The zero-order valence-electron chi connectivity index (χ0n) is 31.9. The quantitative estimate of drug-likeness (QED) is 0.0559. The maximum Gasteiger partial charge on any atom is 0.330 e. The molecule has 2 fully saturated rings. The minimum absolute atomic E-state index is 0.00178. The lowest BCUT2D eigenvalue weighted by Gasteiger charge is -2.41. The molecule has 2 saturated heterocycles. The first-order valence-corrected chi connectivity index (χ1v) is 18.4. The van der Waals surface area contributed by atoms with Gasteiger partial charge in [0.05, 0.1) is 12.7 Å². The van der Waals surface area contributed by atoms with Crippen molar-refractivity contribution in [2.45, 2.75) is 73.9 Å². The first-order chi connectivity index (χ1) is 29.0. The molecule has 0 spiro atoms. The Bertz CT molecular complexity index is 2120. The molecule has 3 aromatic carbocycles. The lowest BCUT2D eigenvalue weighted by molar-refractivity contribution is -0.294. The minimum Gasteiger partial charge on any atom is -0.508 e. The van der Waals surface area contributed by atoms with Crippen LogP contribution in [0.1, 0.15) is 29.2 Å². The van der Waals surface area contributed by atoms with Gasteiger partial charge in [0.25, 0.3) is 0 Å². The average molecular weight is 859 g/mol. The smallest absolute Gasteiger partial charge is 0.330 e. The fraction of sp³-hybridized carbons (Fsp3) is 0.375. The van der Waals surface area contributed by atoms with E-state index in [0.717, 1.165) is 12.1 Å². The number of phenolic OH excluding ortho intramolecular Hbond substituents is 3. The summed E-state index contributed by atoms with van der Waals surface area (Å²) in [4.78, 5) is 35.3. The minimum atomic E-state index is -1.94. The summed E-state index contributed by atoms with van der Waals surface area (Å²) in [6.45, 7) is -1.38. The number of hydrogen-bond acceptors (Lipinski definition) is 20. The van der Waals surface area contributed by atoms with Gasteiger partial charge in [-0.1, -0.05) is 18.2 Å². The molecule has 11 unspecified atom stereocenters. The molecule has 0 amide bonds. The Morgan fingerprint density at radius 1 is 0.705 bits per heavy atom. The molecule has 3 aliphatic heterocycles. The van der Waals surface area contributed by atoms with Crippen molar-refractivity contribution in [1.82, 2.24) is 0 Å². The van der Waals surface area contributed by atoms with E-state index < -0.39 is 111 Å². The highest BCUT2D eigenvalue weighted by atomic mass is 16.7. The molecule has 0 aromatic heterocycles. The Hall–Kier alpha value is -6.17. The fourth-order valence-electron chi connectivity index (χ4n) is 6.39. The van der Waals surface area contributed by atoms with Gasteiger partial charge in [-0.15, -0.1) is 0 Å². The third-order valence-electron chi connectivity index (χ3n) is 9.62. The van der Waals surface area contributed by atoms with Gasteiger partial charge >= 0.3 is 17.9 Å². The highest BCUT2D eigenvalue weighted by molar-refractivity contribution is 5.90. The number of hydrogen-bond donors (Lipinski definition) is 10. The lowest BCUT2D eigenvalue weighted by atomic mass is 9.98. The Kier molecular flexibility index (Phi) is 13.9. The van der Waals surface area contributed by atoms with Crippen LogP contribution in [-0.2, 0) is 38.1 Å². The van der Waals surface area contributed by atoms with Crippen molar-refractivity contribution in [1.29, 1.82) is 0 Å². The van der Waals surface area contributed by atoms with E-state index in [0.29, 0.717) is 11.1 Å². The molecule has 0 saturated carbocycles. The lowest BCUT2D eigenvalue weighted by Crippen LogP contribution is -2.60. The number of aliphatic hydroxyl groups is 6. The summed E-state index contributed by atoms with van der Waals surface area (Å²) in [7, 11) is 1.35. The van der Waals surface area contributed by atoms with Crippen molar-refractivity contribution in [2.24, 2.45) is 0 Å². The number of esters is 2. The molecule has 6 rings (SSSR count). The SMILES string of the molecule is COc1cc(C=CC(=O)OCC2OC(OC3=Cc4c(cc(O)cc4OC4OC(COC(=O)CC(=O)O)C(O)C(O)C4O)OC3c3ccc(O)cc3)C(O)C(O)C2O)ccc1O. The molecule has 61 heavy (non-hydrogen) atoms. The zero-order valence-corrected chi connectivity index (χ0v) is 31.9. The van der Waals surface area contributed by atoms with Gasteiger partial charge in [-0.3, -0.25) is 9.59 Å². The Balaban J connectivity index is 1.24. The first-order valence-electron chi connectivity index (χ1n) is 18.4. The average Bonchev–Trinajstić information content (AvgIpc) is 3.22. The van der Waals surface area contributed by atoms with Crippen molar-refractivity contribution >= 4 is 30.1 Å². The number of ether oxygens (including phenoxy) is 8. The van der Waals surface area contributed by atoms with Crippen LogP contribution >= 0.6 is 0 Å². The van der Waals surface area contributed by atoms with Crippen molar-refractivity contribution in [2.75, 3.05) is 20.3 Å². The second-order valence-electron chi connectivity index (χ2n) is 13.9. The molecular formula is C40H42O21. The molecule has 3 aliphatic rings. The second kappa shape index (κ2) is 19.0. The number of aromatic hydroxyl groups is 3. The van der Waals surface area contributed by atoms with Gasteiger partial charge in [-0.25, -0.2) is 4.79 Å². The number of phenols is 3. The topological polar surface area (TPSA) is 327 Å². The normalized spacial score (nSPS) is 28.4. The van der Waals surface area contributed by atoms with E-state index >= 15 is 0 Å². The van der Waals surface area contributed by atoms with E-state index in [1.54, 1.807) is 0 Å². The number of carboxylic acids is 1. The summed E-state index contributed by atoms with van der Waals surface area (Å²) in [5.41, 5.74) is 0.820. The molecule has 328 valence electrons. The fourth-order valence-corrected chi connectivity index (χ4v) is 6.39. The van der Waals surface area contributed by atoms with Crippen LogP contribution in [0.3, 0.4) is 0 Å². The highest BCUT2D eigenvalue weighted by Gasteiger charge is 2.48. The molecular weight excluding hydrogens is 816 g/mol. The molecule has 21 nitrogen and oxygen atoms in total. The number of rotatable bonds is 14. The van der Waals surface area contributed by atoms with Gasteiger partial charge < -0.3 is 89.0 Å². The van der Waals surface area contributed by atoms with Crippen molar-refractivity contribution in [3.05, 3.63) is 83.1 Å². The van der Waals surface area contributed by atoms with Gasteiger partial charge in [0.1, 0.15) is 97.2 Å². The van der Waals surface area contributed by atoms with E-state index in [1.165, 1.54) is 67.8 Å². The maximum absolute atomic E-state index is 12.6. The van der Waals surface area contributed by atoms with Gasteiger partial charge in [0.2, 0.25) is 12.6 Å². The third-order valence-corrected chi connectivity index (χ3v) is 9.62.